The van der Waals surface area contributed by atoms with Crippen LogP contribution in [0.25, 0.3) is 10.8 Å². The zero-order valence-corrected chi connectivity index (χ0v) is 21.4. The molecule has 0 saturated carbocycles. The number of carbonyl (C=O) groups excluding carboxylic acids is 2. The summed E-state index contributed by atoms with van der Waals surface area (Å²) in [5.41, 5.74) is 4.05. The van der Waals surface area contributed by atoms with Crippen molar-refractivity contribution in [2.75, 3.05) is 6.61 Å². The van der Waals surface area contributed by atoms with Gasteiger partial charge in [0.05, 0.1) is 11.2 Å². The number of hydrogen-bond acceptors (Lipinski definition) is 5. The highest BCUT2D eigenvalue weighted by atomic mass is 35.5. The lowest BCUT2D eigenvalue weighted by Gasteiger charge is -2.12. The van der Waals surface area contributed by atoms with Crippen LogP contribution in [0.1, 0.15) is 21.5 Å². The fourth-order valence-corrected chi connectivity index (χ4v) is 4.20. The summed E-state index contributed by atoms with van der Waals surface area (Å²) in [5.74, 6) is -0.409. The quantitative estimate of drug-likeness (QED) is 0.184. The van der Waals surface area contributed by atoms with Gasteiger partial charge in [-0.25, -0.2) is 5.43 Å². The number of phenolic OH excluding ortho intramolecular Hbond substituents is 1. The van der Waals surface area contributed by atoms with E-state index in [-0.39, 0.29) is 35.4 Å². The van der Waals surface area contributed by atoms with Crippen molar-refractivity contribution in [1.82, 2.24) is 10.7 Å². The summed E-state index contributed by atoms with van der Waals surface area (Å²) in [5, 5.41) is 18.9. The zero-order valence-electron chi connectivity index (χ0n) is 19.2. The molecule has 0 aliphatic heterocycles. The molecule has 0 atom stereocenters. The minimum absolute atomic E-state index is 0.0690. The normalized spacial score (nSPS) is 11.0. The molecule has 4 rings (SSSR count). The molecule has 0 unspecified atom stereocenters. The summed E-state index contributed by atoms with van der Waals surface area (Å²) in [6.07, 6.45) is 1.51. The first kappa shape index (κ1) is 26.3. The smallest absolute Gasteiger partial charge is 0.271 e. The summed E-state index contributed by atoms with van der Waals surface area (Å²) in [4.78, 5) is 24.7. The molecule has 2 amide bonds. The predicted octanol–water partition coefficient (Wildman–Crippen LogP) is 5.96. The maximum absolute atomic E-state index is 12.4. The third-order valence-electron chi connectivity index (χ3n) is 5.38. The van der Waals surface area contributed by atoms with E-state index in [1.54, 1.807) is 30.3 Å². The largest absolute Gasteiger partial charge is 0.506 e. The summed E-state index contributed by atoms with van der Waals surface area (Å²) in [6.45, 7) is -0.0241. The van der Waals surface area contributed by atoms with E-state index in [0.717, 1.165) is 16.3 Å². The van der Waals surface area contributed by atoms with Crippen LogP contribution >= 0.6 is 34.8 Å². The van der Waals surface area contributed by atoms with Gasteiger partial charge in [0.1, 0.15) is 11.5 Å². The Morgan fingerprint density at radius 2 is 1.62 bits per heavy atom. The average Bonchev–Trinajstić information content (AvgIpc) is 2.89. The minimum Gasteiger partial charge on any atom is -0.506 e. The van der Waals surface area contributed by atoms with E-state index >= 15 is 0 Å². The van der Waals surface area contributed by atoms with Crippen LogP contribution in [-0.2, 0) is 11.3 Å². The van der Waals surface area contributed by atoms with Gasteiger partial charge in [-0.15, -0.1) is 0 Å². The number of nitrogens with one attached hydrogen (secondary N) is 2. The van der Waals surface area contributed by atoms with Gasteiger partial charge in [0.15, 0.2) is 6.61 Å². The fourth-order valence-electron chi connectivity index (χ4n) is 3.49. The molecule has 0 saturated heterocycles. The van der Waals surface area contributed by atoms with E-state index in [2.05, 4.69) is 15.8 Å². The molecule has 0 fully saturated rings. The van der Waals surface area contributed by atoms with Crippen molar-refractivity contribution in [2.24, 2.45) is 5.10 Å². The number of carbonyl (C=O) groups is 2. The summed E-state index contributed by atoms with van der Waals surface area (Å²) in [7, 11) is 0. The Kier molecular flexibility index (Phi) is 8.50. The van der Waals surface area contributed by atoms with Crippen LogP contribution in [0.15, 0.2) is 77.9 Å². The molecule has 0 radical (unpaired) electrons. The molecule has 4 aromatic carbocycles. The van der Waals surface area contributed by atoms with E-state index in [0.29, 0.717) is 21.4 Å². The predicted molar refractivity (Wildman–Crippen MR) is 146 cm³/mol. The first-order chi connectivity index (χ1) is 17.8. The molecule has 0 aromatic heterocycles. The monoisotopic (exact) mass is 555 g/mol. The molecule has 188 valence electrons. The van der Waals surface area contributed by atoms with E-state index < -0.39 is 5.91 Å². The van der Waals surface area contributed by atoms with Crippen molar-refractivity contribution in [3.05, 3.63) is 105 Å². The SMILES string of the molecule is O=C(COc1ccc(C=NNC(=O)c2ccc(O)c(Cl)c2)c2ccccc12)NCc1c(Cl)cccc1Cl. The lowest BCUT2D eigenvalue weighted by Crippen LogP contribution is -2.28. The van der Waals surface area contributed by atoms with Gasteiger partial charge in [0, 0.05) is 38.7 Å². The molecule has 4 aromatic rings. The van der Waals surface area contributed by atoms with Crippen molar-refractivity contribution >= 4 is 63.6 Å². The Labute approximate surface area is 227 Å². The van der Waals surface area contributed by atoms with Gasteiger partial charge in [-0.2, -0.15) is 5.10 Å². The Balaban J connectivity index is 1.41. The summed E-state index contributed by atoms with van der Waals surface area (Å²) >= 11 is 18.2. The number of hydrogen-bond donors (Lipinski definition) is 3. The van der Waals surface area contributed by atoms with Gasteiger partial charge in [-0.3, -0.25) is 9.59 Å². The van der Waals surface area contributed by atoms with Gasteiger partial charge in [-0.05, 0) is 47.9 Å². The second kappa shape index (κ2) is 12.0. The Bertz CT molecular complexity index is 1490. The number of phenols is 1. The fraction of sp³-hybridized carbons (Fsp3) is 0.0741. The van der Waals surface area contributed by atoms with Gasteiger partial charge in [-0.1, -0.05) is 65.1 Å². The first-order valence-electron chi connectivity index (χ1n) is 11.0. The maximum atomic E-state index is 12.4. The topological polar surface area (TPSA) is 100 Å². The zero-order chi connectivity index (χ0) is 26.4. The molecule has 0 spiro atoms. The molecule has 0 aliphatic rings. The number of halogens is 3. The van der Waals surface area contributed by atoms with Gasteiger partial charge >= 0.3 is 0 Å². The van der Waals surface area contributed by atoms with Crippen molar-refractivity contribution in [3.63, 3.8) is 0 Å². The second-order valence-electron chi connectivity index (χ2n) is 7.83. The van der Waals surface area contributed by atoms with Gasteiger partial charge < -0.3 is 15.2 Å². The Morgan fingerprint density at radius 3 is 2.35 bits per heavy atom. The summed E-state index contributed by atoms with van der Waals surface area (Å²) < 4.78 is 5.78. The number of hydrazone groups is 1. The van der Waals surface area contributed by atoms with Crippen molar-refractivity contribution < 1.29 is 19.4 Å². The number of fused-ring (bicyclic) bond motifs is 1. The lowest BCUT2D eigenvalue weighted by atomic mass is 10.0. The van der Waals surface area contributed by atoms with Crippen molar-refractivity contribution in [1.29, 1.82) is 0 Å². The number of ether oxygens (including phenoxy) is 1. The van der Waals surface area contributed by atoms with Crippen LogP contribution in [0.5, 0.6) is 11.5 Å². The molecular formula is C27H20Cl3N3O4. The van der Waals surface area contributed by atoms with Crippen molar-refractivity contribution in [2.45, 2.75) is 6.54 Å². The number of benzene rings is 4. The molecule has 3 N–H and O–H groups in total. The van der Waals surface area contributed by atoms with Crippen molar-refractivity contribution in [3.8, 4) is 11.5 Å². The van der Waals surface area contributed by atoms with Crippen LogP contribution in [0.3, 0.4) is 0 Å². The third-order valence-corrected chi connectivity index (χ3v) is 6.39. The van der Waals surface area contributed by atoms with E-state index in [1.165, 1.54) is 24.4 Å². The Hall–Kier alpha value is -3.78. The molecular weight excluding hydrogens is 537 g/mol. The highest BCUT2D eigenvalue weighted by Crippen LogP contribution is 2.28. The molecule has 0 aliphatic carbocycles. The Morgan fingerprint density at radius 1 is 0.892 bits per heavy atom. The number of nitrogens with zero attached hydrogens (tertiary/aromatic N) is 1. The number of aromatic hydroxyl groups is 1. The van der Waals surface area contributed by atoms with E-state index in [1.807, 2.05) is 24.3 Å². The van der Waals surface area contributed by atoms with E-state index in [9.17, 15) is 14.7 Å². The van der Waals surface area contributed by atoms with Gasteiger partial charge in [0.25, 0.3) is 11.8 Å². The molecule has 10 heteroatoms. The van der Waals surface area contributed by atoms with Crippen LogP contribution in [-0.4, -0.2) is 29.7 Å². The highest BCUT2D eigenvalue weighted by Gasteiger charge is 2.11. The standard InChI is InChI=1S/C27H20Cl3N3O4/c28-21-6-3-7-22(29)20(21)14-31-26(35)15-37-25-11-9-17(18-4-1-2-5-19(18)25)13-32-33-27(36)16-8-10-24(34)23(30)12-16/h1-13,34H,14-15H2,(H,31,35)(H,33,36). The van der Waals surface area contributed by atoms with Crippen LogP contribution in [0.2, 0.25) is 15.1 Å². The molecule has 0 heterocycles. The first-order valence-corrected chi connectivity index (χ1v) is 12.1. The van der Waals surface area contributed by atoms with Crippen LogP contribution < -0.4 is 15.5 Å². The molecule has 7 nitrogen and oxygen atoms in total. The second-order valence-corrected chi connectivity index (χ2v) is 9.05. The van der Waals surface area contributed by atoms with Crippen LogP contribution in [0.4, 0.5) is 0 Å². The lowest BCUT2D eigenvalue weighted by molar-refractivity contribution is -0.123. The van der Waals surface area contributed by atoms with Gasteiger partial charge in [0.2, 0.25) is 0 Å². The van der Waals surface area contributed by atoms with E-state index in [4.69, 9.17) is 39.5 Å². The highest BCUT2D eigenvalue weighted by molar-refractivity contribution is 6.36. The summed E-state index contributed by atoms with van der Waals surface area (Å²) in [6, 6.07) is 20.2. The number of rotatable bonds is 8. The third kappa shape index (κ3) is 6.51. The molecule has 37 heavy (non-hydrogen) atoms. The molecule has 0 bridgehead atoms. The maximum Gasteiger partial charge on any atom is 0.271 e. The average molecular weight is 557 g/mol. The van der Waals surface area contributed by atoms with Crippen LogP contribution in [0, 0.1) is 0 Å². The minimum atomic E-state index is -0.480. The number of amides is 2.